The molecule has 0 aromatic rings. The number of ether oxygens (including phenoxy) is 2. The molecule has 0 saturated heterocycles. The summed E-state index contributed by atoms with van der Waals surface area (Å²) in [5.74, 6) is 0.429. The zero-order valence-corrected chi connectivity index (χ0v) is 15.2. The zero-order chi connectivity index (χ0) is 17.3. The predicted octanol–water partition coefficient (Wildman–Crippen LogP) is 3.21. The van der Waals surface area contributed by atoms with Gasteiger partial charge in [0.1, 0.15) is 5.60 Å². The van der Waals surface area contributed by atoms with Gasteiger partial charge in [-0.1, -0.05) is 0 Å². The van der Waals surface area contributed by atoms with Crippen LogP contribution >= 0.6 is 0 Å². The Morgan fingerprint density at radius 1 is 1.09 bits per heavy atom. The summed E-state index contributed by atoms with van der Waals surface area (Å²) in [6.45, 7) is 8.23. The van der Waals surface area contributed by atoms with Crippen molar-refractivity contribution in [1.29, 1.82) is 0 Å². The fourth-order valence-electron chi connectivity index (χ4n) is 3.03. The van der Waals surface area contributed by atoms with E-state index >= 15 is 0 Å². The molecule has 0 bridgehead atoms. The van der Waals surface area contributed by atoms with Crippen LogP contribution in [0.3, 0.4) is 0 Å². The van der Waals surface area contributed by atoms with Crippen molar-refractivity contribution in [1.82, 2.24) is 5.32 Å². The molecule has 134 valence electrons. The van der Waals surface area contributed by atoms with Crippen molar-refractivity contribution >= 4 is 11.9 Å². The second kappa shape index (κ2) is 9.91. The van der Waals surface area contributed by atoms with Crippen LogP contribution in [0.4, 0.5) is 0 Å². The quantitative estimate of drug-likeness (QED) is 0.694. The molecule has 0 heterocycles. The molecule has 5 heteroatoms. The molecule has 0 aromatic heterocycles. The Bertz CT molecular complexity index is 368. The highest BCUT2D eigenvalue weighted by Gasteiger charge is 2.22. The van der Waals surface area contributed by atoms with Gasteiger partial charge in [-0.2, -0.15) is 0 Å². The van der Waals surface area contributed by atoms with Crippen LogP contribution in [0.25, 0.3) is 0 Å². The second-order valence-corrected chi connectivity index (χ2v) is 7.38. The van der Waals surface area contributed by atoms with E-state index in [4.69, 9.17) is 9.47 Å². The summed E-state index contributed by atoms with van der Waals surface area (Å²) in [6.07, 6.45) is 7.05. The van der Waals surface area contributed by atoms with Crippen molar-refractivity contribution in [2.45, 2.75) is 84.3 Å². The van der Waals surface area contributed by atoms with Gasteiger partial charge in [0.25, 0.3) is 0 Å². The molecule has 0 amide bonds. The van der Waals surface area contributed by atoms with Gasteiger partial charge in [0.2, 0.25) is 0 Å². The smallest absolute Gasteiger partial charge is 0.320 e. The van der Waals surface area contributed by atoms with E-state index < -0.39 is 5.60 Å². The first-order valence-corrected chi connectivity index (χ1v) is 8.91. The van der Waals surface area contributed by atoms with Gasteiger partial charge in [-0.25, -0.2) is 0 Å². The summed E-state index contributed by atoms with van der Waals surface area (Å²) in [5.41, 5.74) is -0.421. The van der Waals surface area contributed by atoms with Gasteiger partial charge in [-0.15, -0.1) is 0 Å². The van der Waals surface area contributed by atoms with Crippen LogP contribution in [0, 0.1) is 5.92 Å². The van der Waals surface area contributed by atoms with E-state index in [2.05, 4.69) is 5.32 Å². The molecule has 1 N–H and O–H groups in total. The Morgan fingerprint density at radius 2 is 1.74 bits per heavy atom. The van der Waals surface area contributed by atoms with Gasteiger partial charge < -0.3 is 14.8 Å². The summed E-state index contributed by atoms with van der Waals surface area (Å²) < 4.78 is 10.2. The Morgan fingerprint density at radius 3 is 2.30 bits per heavy atom. The maximum absolute atomic E-state index is 11.7. The summed E-state index contributed by atoms with van der Waals surface area (Å²) in [7, 11) is 0. The van der Waals surface area contributed by atoms with E-state index in [1.54, 1.807) is 0 Å². The third-order valence-electron chi connectivity index (χ3n) is 4.10. The number of nitrogens with one attached hydrogen (secondary N) is 1. The first-order valence-electron chi connectivity index (χ1n) is 8.91. The van der Waals surface area contributed by atoms with E-state index in [1.807, 2.05) is 27.7 Å². The third kappa shape index (κ3) is 9.59. The molecule has 0 aliphatic heterocycles. The second-order valence-electron chi connectivity index (χ2n) is 7.38. The maximum atomic E-state index is 11.7. The fraction of sp³-hybridized carbons (Fsp3) is 0.889. The van der Waals surface area contributed by atoms with Crippen LogP contribution < -0.4 is 5.32 Å². The molecule has 5 nitrogen and oxygen atoms in total. The van der Waals surface area contributed by atoms with E-state index in [-0.39, 0.29) is 18.5 Å². The van der Waals surface area contributed by atoms with E-state index in [9.17, 15) is 9.59 Å². The van der Waals surface area contributed by atoms with Crippen LogP contribution in [-0.4, -0.2) is 36.7 Å². The van der Waals surface area contributed by atoms with Crippen LogP contribution in [0.1, 0.15) is 72.6 Å². The van der Waals surface area contributed by atoms with E-state index in [1.165, 1.54) is 0 Å². The van der Waals surface area contributed by atoms with Crippen molar-refractivity contribution in [3.05, 3.63) is 0 Å². The van der Waals surface area contributed by atoms with Crippen molar-refractivity contribution in [3.8, 4) is 0 Å². The highest BCUT2D eigenvalue weighted by molar-refractivity contribution is 5.72. The summed E-state index contributed by atoms with van der Waals surface area (Å²) in [5, 5.41) is 3.31. The third-order valence-corrected chi connectivity index (χ3v) is 4.10. The lowest BCUT2D eigenvalue weighted by molar-refractivity contribution is -0.153. The highest BCUT2D eigenvalue weighted by Crippen LogP contribution is 2.28. The van der Waals surface area contributed by atoms with E-state index in [0.717, 1.165) is 38.5 Å². The number of rotatable bonds is 8. The van der Waals surface area contributed by atoms with E-state index in [0.29, 0.717) is 25.0 Å². The van der Waals surface area contributed by atoms with Gasteiger partial charge in [-0.05, 0) is 72.1 Å². The molecule has 0 spiro atoms. The SMILES string of the molecule is CCOC(=O)CCCC1CCC(NCC(=O)OC(C)(C)C)CC1. The van der Waals surface area contributed by atoms with Crippen molar-refractivity contribution in [2.24, 2.45) is 5.92 Å². The lowest BCUT2D eigenvalue weighted by Crippen LogP contribution is -2.39. The molecular weight excluding hydrogens is 294 g/mol. The van der Waals surface area contributed by atoms with Crippen molar-refractivity contribution < 1.29 is 19.1 Å². The number of carbonyl (C=O) groups is 2. The molecule has 0 unspecified atom stereocenters. The number of carbonyl (C=O) groups excluding carboxylic acids is 2. The molecule has 23 heavy (non-hydrogen) atoms. The zero-order valence-electron chi connectivity index (χ0n) is 15.2. The number of esters is 2. The minimum atomic E-state index is -0.421. The Balaban J connectivity index is 2.11. The van der Waals surface area contributed by atoms with Crippen molar-refractivity contribution in [2.75, 3.05) is 13.2 Å². The monoisotopic (exact) mass is 327 g/mol. The van der Waals surface area contributed by atoms with Gasteiger partial charge in [-0.3, -0.25) is 9.59 Å². The van der Waals surface area contributed by atoms with Gasteiger partial charge in [0, 0.05) is 12.5 Å². The fourth-order valence-corrected chi connectivity index (χ4v) is 3.03. The molecule has 0 aromatic carbocycles. The van der Waals surface area contributed by atoms with Gasteiger partial charge >= 0.3 is 11.9 Å². The summed E-state index contributed by atoms with van der Waals surface area (Å²) in [4.78, 5) is 23.0. The molecule has 1 saturated carbocycles. The molecule has 0 radical (unpaired) electrons. The average molecular weight is 327 g/mol. The Hall–Kier alpha value is -1.10. The van der Waals surface area contributed by atoms with Crippen LogP contribution in [0.15, 0.2) is 0 Å². The number of hydrogen-bond donors (Lipinski definition) is 1. The van der Waals surface area contributed by atoms with Gasteiger partial charge in [0.05, 0.1) is 13.2 Å². The normalized spacial score (nSPS) is 21.7. The van der Waals surface area contributed by atoms with Gasteiger partial charge in [0.15, 0.2) is 0 Å². The summed E-state index contributed by atoms with van der Waals surface area (Å²) in [6, 6.07) is 0.406. The molecule has 0 atom stereocenters. The highest BCUT2D eigenvalue weighted by atomic mass is 16.6. The first kappa shape index (κ1) is 19.9. The minimum absolute atomic E-state index is 0.0831. The molecule has 1 aliphatic carbocycles. The molecule has 1 rings (SSSR count). The first-order chi connectivity index (χ1) is 10.8. The predicted molar refractivity (Wildman–Crippen MR) is 90.1 cm³/mol. The van der Waals surface area contributed by atoms with Crippen LogP contribution in [-0.2, 0) is 19.1 Å². The van der Waals surface area contributed by atoms with Crippen LogP contribution in [0.2, 0.25) is 0 Å². The Kier molecular flexibility index (Phi) is 8.59. The van der Waals surface area contributed by atoms with Crippen molar-refractivity contribution in [3.63, 3.8) is 0 Å². The standard InChI is InChI=1S/C18H33NO4/c1-5-22-16(20)8-6-7-14-9-11-15(12-10-14)19-13-17(21)23-18(2,3)4/h14-15,19H,5-13H2,1-4H3. The molecule has 1 fully saturated rings. The lowest BCUT2D eigenvalue weighted by Gasteiger charge is -2.29. The molecule has 1 aliphatic rings. The lowest BCUT2D eigenvalue weighted by atomic mass is 9.83. The summed E-state index contributed by atoms with van der Waals surface area (Å²) >= 11 is 0. The number of hydrogen-bond acceptors (Lipinski definition) is 5. The van der Waals surface area contributed by atoms with Crippen LogP contribution in [0.5, 0.6) is 0 Å². The maximum Gasteiger partial charge on any atom is 0.320 e. The average Bonchev–Trinajstić information content (AvgIpc) is 2.45. The minimum Gasteiger partial charge on any atom is -0.466 e. The Labute approximate surface area is 140 Å². The largest absolute Gasteiger partial charge is 0.466 e. The molecular formula is C18H33NO4. The topological polar surface area (TPSA) is 64.6 Å².